The number of benzene rings is 1. The number of hydrogen-bond acceptors (Lipinski definition) is 3. The van der Waals surface area contributed by atoms with Crippen molar-refractivity contribution >= 4 is 28.3 Å². The van der Waals surface area contributed by atoms with Gasteiger partial charge in [-0.2, -0.15) is 12.6 Å². The molecule has 3 nitrogen and oxygen atoms in total. The topological polar surface area (TPSA) is 46.2 Å². The molecule has 0 aliphatic rings. The van der Waals surface area contributed by atoms with E-state index in [2.05, 4.69) is 17.4 Å². The molecule has 0 amide bonds. The van der Waals surface area contributed by atoms with Gasteiger partial charge in [-0.3, -0.25) is 4.72 Å². The number of sulfonamides is 1. The zero-order chi connectivity index (χ0) is 9.90. The van der Waals surface area contributed by atoms with Crippen LogP contribution in [-0.4, -0.2) is 14.7 Å². The van der Waals surface area contributed by atoms with E-state index >= 15 is 0 Å². The molecule has 0 aromatic heterocycles. The first-order valence-corrected chi connectivity index (χ1v) is 6.21. The summed E-state index contributed by atoms with van der Waals surface area (Å²) in [5.74, 6) is 0.597. The van der Waals surface area contributed by atoms with E-state index in [1.807, 2.05) is 6.07 Å². The van der Waals surface area contributed by atoms with Gasteiger partial charge in [0.1, 0.15) is 0 Å². The lowest BCUT2D eigenvalue weighted by Crippen LogP contribution is -2.09. The van der Waals surface area contributed by atoms with Crippen molar-refractivity contribution in [3.05, 3.63) is 29.8 Å². The number of anilines is 1. The summed E-state index contributed by atoms with van der Waals surface area (Å²) < 4.78 is 24.1. The van der Waals surface area contributed by atoms with E-state index in [1.165, 1.54) is 0 Å². The molecule has 0 saturated carbocycles. The van der Waals surface area contributed by atoms with Crippen molar-refractivity contribution in [3.63, 3.8) is 0 Å². The van der Waals surface area contributed by atoms with Gasteiger partial charge in [0.15, 0.2) is 0 Å². The van der Waals surface area contributed by atoms with Gasteiger partial charge < -0.3 is 0 Å². The van der Waals surface area contributed by atoms with Crippen LogP contribution in [0.25, 0.3) is 0 Å². The van der Waals surface area contributed by atoms with Crippen molar-refractivity contribution in [2.45, 2.75) is 5.75 Å². The molecule has 1 aromatic carbocycles. The maximum atomic E-state index is 10.9. The molecule has 13 heavy (non-hydrogen) atoms. The number of thiol groups is 1. The molecular weight excluding hydrogens is 206 g/mol. The van der Waals surface area contributed by atoms with Gasteiger partial charge in [0.05, 0.1) is 6.26 Å². The van der Waals surface area contributed by atoms with E-state index in [1.54, 1.807) is 18.2 Å². The molecule has 1 aromatic rings. The molecule has 1 rings (SSSR count). The van der Waals surface area contributed by atoms with Crippen LogP contribution in [0.1, 0.15) is 5.56 Å². The van der Waals surface area contributed by atoms with Gasteiger partial charge in [0, 0.05) is 11.4 Å². The van der Waals surface area contributed by atoms with Gasteiger partial charge in [0.2, 0.25) is 10.0 Å². The first-order chi connectivity index (χ1) is 6.01. The summed E-state index contributed by atoms with van der Waals surface area (Å²) in [6, 6.07) is 7.14. The summed E-state index contributed by atoms with van der Waals surface area (Å²) in [4.78, 5) is 0. The summed E-state index contributed by atoms with van der Waals surface area (Å²) in [5.41, 5.74) is 1.56. The third-order valence-corrected chi connectivity index (χ3v) is 2.38. The van der Waals surface area contributed by atoms with E-state index in [4.69, 9.17) is 0 Å². The van der Waals surface area contributed by atoms with Crippen molar-refractivity contribution < 1.29 is 8.42 Å². The first kappa shape index (κ1) is 10.4. The summed E-state index contributed by atoms with van der Waals surface area (Å²) in [6.07, 6.45) is 1.13. The molecule has 0 aliphatic carbocycles. The van der Waals surface area contributed by atoms with Gasteiger partial charge in [-0.25, -0.2) is 8.42 Å². The van der Waals surface area contributed by atoms with Gasteiger partial charge in [-0.15, -0.1) is 0 Å². The standard InChI is InChI=1S/C8H11NO2S2/c1-13(10,11)9-8-4-2-3-7(5-8)6-12/h2-5,9,12H,6H2,1H3. The highest BCUT2D eigenvalue weighted by Crippen LogP contribution is 2.12. The molecule has 5 heteroatoms. The highest BCUT2D eigenvalue weighted by Gasteiger charge is 2.01. The fourth-order valence-electron chi connectivity index (χ4n) is 0.947. The Hall–Kier alpha value is -0.680. The maximum Gasteiger partial charge on any atom is 0.229 e. The van der Waals surface area contributed by atoms with Crippen molar-refractivity contribution in [3.8, 4) is 0 Å². The second-order valence-electron chi connectivity index (χ2n) is 2.73. The fraction of sp³-hybridized carbons (Fsp3) is 0.250. The third-order valence-electron chi connectivity index (χ3n) is 1.41. The predicted molar refractivity (Wildman–Crippen MR) is 57.6 cm³/mol. The SMILES string of the molecule is CS(=O)(=O)Nc1cccc(CS)c1. The van der Waals surface area contributed by atoms with E-state index < -0.39 is 10.0 Å². The second kappa shape index (κ2) is 4.02. The zero-order valence-corrected chi connectivity index (χ0v) is 8.90. The van der Waals surface area contributed by atoms with Crippen LogP contribution in [0.2, 0.25) is 0 Å². The molecule has 0 spiro atoms. The van der Waals surface area contributed by atoms with Crippen LogP contribution < -0.4 is 4.72 Å². The molecule has 0 unspecified atom stereocenters. The van der Waals surface area contributed by atoms with Crippen LogP contribution in [0.4, 0.5) is 5.69 Å². The van der Waals surface area contributed by atoms with Gasteiger partial charge in [-0.1, -0.05) is 12.1 Å². The molecule has 0 aliphatic heterocycles. The van der Waals surface area contributed by atoms with Crippen molar-refractivity contribution in [2.75, 3.05) is 11.0 Å². The van der Waals surface area contributed by atoms with Gasteiger partial charge in [0.25, 0.3) is 0 Å². The largest absolute Gasteiger partial charge is 0.284 e. The molecular formula is C8H11NO2S2. The number of rotatable bonds is 3. The average molecular weight is 217 g/mol. The Kier molecular flexibility index (Phi) is 3.22. The molecule has 0 bridgehead atoms. The smallest absolute Gasteiger partial charge is 0.229 e. The summed E-state index contributed by atoms with van der Waals surface area (Å²) in [7, 11) is -3.18. The van der Waals surface area contributed by atoms with E-state index in [0.717, 1.165) is 11.8 Å². The summed E-state index contributed by atoms with van der Waals surface area (Å²) in [6.45, 7) is 0. The Labute approximate surface area is 83.6 Å². The minimum atomic E-state index is -3.18. The Bertz CT molecular complexity index is 387. The maximum absolute atomic E-state index is 10.9. The molecule has 0 saturated heterocycles. The van der Waals surface area contributed by atoms with Crippen LogP contribution in [0.15, 0.2) is 24.3 Å². The van der Waals surface area contributed by atoms with Gasteiger partial charge in [-0.05, 0) is 17.7 Å². The normalized spacial score (nSPS) is 11.2. The Morgan fingerprint density at radius 1 is 1.46 bits per heavy atom. The Morgan fingerprint density at radius 2 is 2.15 bits per heavy atom. The first-order valence-electron chi connectivity index (χ1n) is 3.69. The average Bonchev–Trinajstić information content (AvgIpc) is 2.01. The molecule has 0 fully saturated rings. The molecule has 0 radical (unpaired) electrons. The van der Waals surface area contributed by atoms with Crippen LogP contribution in [0.3, 0.4) is 0 Å². The molecule has 0 heterocycles. The predicted octanol–water partition coefficient (Wildman–Crippen LogP) is 1.49. The molecule has 0 atom stereocenters. The monoisotopic (exact) mass is 217 g/mol. The lowest BCUT2D eigenvalue weighted by Gasteiger charge is -2.04. The Morgan fingerprint density at radius 3 is 2.69 bits per heavy atom. The summed E-state index contributed by atoms with van der Waals surface area (Å²) >= 11 is 4.09. The van der Waals surface area contributed by atoms with Crippen molar-refractivity contribution in [2.24, 2.45) is 0 Å². The lowest BCUT2D eigenvalue weighted by molar-refractivity contribution is 0.607. The fourth-order valence-corrected chi connectivity index (χ4v) is 1.70. The van der Waals surface area contributed by atoms with Crippen molar-refractivity contribution in [1.82, 2.24) is 0 Å². The van der Waals surface area contributed by atoms with Crippen LogP contribution in [-0.2, 0) is 15.8 Å². The zero-order valence-electron chi connectivity index (χ0n) is 7.19. The number of hydrogen-bond donors (Lipinski definition) is 2. The minimum absolute atomic E-state index is 0.578. The molecule has 1 N–H and O–H groups in total. The minimum Gasteiger partial charge on any atom is -0.284 e. The van der Waals surface area contributed by atoms with Crippen molar-refractivity contribution in [1.29, 1.82) is 0 Å². The third kappa shape index (κ3) is 3.69. The van der Waals surface area contributed by atoms with Crippen LogP contribution in [0.5, 0.6) is 0 Å². The lowest BCUT2D eigenvalue weighted by atomic mass is 10.2. The van der Waals surface area contributed by atoms with Crippen LogP contribution in [0, 0.1) is 0 Å². The van der Waals surface area contributed by atoms with Gasteiger partial charge >= 0.3 is 0 Å². The summed E-state index contributed by atoms with van der Waals surface area (Å²) in [5, 5.41) is 0. The van der Waals surface area contributed by atoms with E-state index in [9.17, 15) is 8.42 Å². The highest BCUT2D eigenvalue weighted by atomic mass is 32.2. The Balaban J connectivity index is 2.90. The highest BCUT2D eigenvalue weighted by molar-refractivity contribution is 7.92. The van der Waals surface area contributed by atoms with E-state index in [-0.39, 0.29) is 0 Å². The molecule has 72 valence electrons. The van der Waals surface area contributed by atoms with E-state index in [0.29, 0.717) is 11.4 Å². The van der Waals surface area contributed by atoms with Crippen LogP contribution >= 0.6 is 12.6 Å². The number of nitrogens with one attached hydrogen (secondary N) is 1. The quantitative estimate of drug-likeness (QED) is 0.753. The second-order valence-corrected chi connectivity index (χ2v) is 4.80.